The highest BCUT2D eigenvalue weighted by atomic mass is 16.6. The number of carbonyl (C=O) groups is 1. The van der Waals surface area contributed by atoms with Gasteiger partial charge < -0.3 is 4.74 Å². The molecule has 4 nitrogen and oxygen atoms in total. The van der Waals surface area contributed by atoms with E-state index in [0.29, 0.717) is 12.5 Å². The molecule has 0 radical (unpaired) electrons. The minimum Gasteiger partial charge on any atom is -0.448 e. The monoisotopic (exact) mass is 208 g/mol. The Kier molecular flexibility index (Phi) is 4.47. The van der Waals surface area contributed by atoms with Gasteiger partial charge in [-0.05, 0) is 18.1 Å². The molecule has 2 N–H and O–H groups in total. The number of amides is 1. The predicted molar refractivity (Wildman–Crippen MR) is 59.4 cm³/mol. The lowest BCUT2D eigenvalue weighted by molar-refractivity contribution is 0.135. The molecular formula is C11H16N2O2. The quantitative estimate of drug-likeness (QED) is 0.747. The molecule has 1 aromatic carbocycles. The number of nitrogens with one attached hydrogen (secondary N) is 2. The number of benzene rings is 1. The van der Waals surface area contributed by atoms with Crippen LogP contribution in [0.5, 0.6) is 0 Å². The maximum absolute atomic E-state index is 11.1. The van der Waals surface area contributed by atoms with E-state index in [-0.39, 0.29) is 0 Å². The Morgan fingerprint density at radius 1 is 1.33 bits per heavy atom. The number of hydrogen-bond acceptors (Lipinski definition) is 3. The van der Waals surface area contributed by atoms with Crippen molar-refractivity contribution in [1.29, 1.82) is 0 Å². The highest BCUT2D eigenvalue weighted by molar-refractivity contribution is 5.69. The normalized spacial score (nSPS) is 9.80. The molecule has 0 unspecified atom stereocenters. The molecule has 82 valence electrons. The zero-order valence-corrected chi connectivity index (χ0v) is 8.99. The molecule has 0 spiro atoms. The van der Waals surface area contributed by atoms with E-state index in [2.05, 4.69) is 10.9 Å². The average molecular weight is 208 g/mol. The topological polar surface area (TPSA) is 50.4 Å². The van der Waals surface area contributed by atoms with Crippen molar-refractivity contribution < 1.29 is 9.53 Å². The summed E-state index contributed by atoms with van der Waals surface area (Å²) in [5.74, 6) is 0.340. The van der Waals surface area contributed by atoms with Crippen molar-refractivity contribution in [1.82, 2.24) is 5.43 Å². The SMILES string of the molecule is CC(C)COC(=O)NNc1ccccc1. The third-order valence-corrected chi connectivity index (χ3v) is 1.63. The summed E-state index contributed by atoms with van der Waals surface area (Å²) >= 11 is 0. The molecule has 0 bridgehead atoms. The Hall–Kier alpha value is -1.71. The number of ether oxygens (including phenoxy) is 1. The Morgan fingerprint density at radius 2 is 2.00 bits per heavy atom. The summed E-state index contributed by atoms with van der Waals surface area (Å²) in [7, 11) is 0. The fourth-order valence-electron chi connectivity index (χ4n) is 0.923. The fourth-order valence-corrected chi connectivity index (χ4v) is 0.923. The van der Waals surface area contributed by atoms with Gasteiger partial charge >= 0.3 is 6.09 Å². The minimum atomic E-state index is -0.465. The standard InChI is InChI=1S/C11H16N2O2/c1-9(2)8-15-11(14)13-12-10-6-4-3-5-7-10/h3-7,9,12H,8H2,1-2H3,(H,13,14). The molecule has 1 rings (SSSR count). The van der Waals surface area contributed by atoms with E-state index in [1.165, 1.54) is 0 Å². The van der Waals surface area contributed by atoms with Gasteiger partial charge in [0.1, 0.15) is 0 Å². The van der Waals surface area contributed by atoms with Gasteiger partial charge in [-0.25, -0.2) is 10.2 Å². The number of hydrazine groups is 1. The van der Waals surface area contributed by atoms with Crippen LogP contribution in [0.4, 0.5) is 10.5 Å². The molecule has 1 aromatic rings. The second kappa shape index (κ2) is 5.90. The number of hydrogen-bond donors (Lipinski definition) is 2. The summed E-state index contributed by atoms with van der Waals surface area (Å²) in [5.41, 5.74) is 6.01. The molecule has 0 heterocycles. The number of carbonyl (C=O) groups excluding carboxylic acids is 1. The third kappa shape index (κ3) is 4.90. The summed E-state index contributed by atoms with van der Waals surface area (Å²) < 4.78 is 4.91. The molecule has 15 heavy (non-hydrogen) atoms. The first-order valence-electron chi connectivity index (χ1n) is 4.92. The van der Waals surface area contributed by atoms with Crippen LogP contribution in [0.3, 0.4) is 0 Å². The Morgan fingerprint density at radius 3 is 2.60 bits per heavy atom. The molecule has 4 heteroatoms. The largest absolute Gasteiger partial charge is 0.448 e. The van der Waals surface area contributed by atoms with E-state index in [1.807, 2.05) is 44.2 Å². The van der Waals surface area contributed by atoms with Crippen LogP contribution in [0, 0.1) is 5.92 Å². The first kappa shape index (κ1) is 11.4. The van der Waals surface area contributed by atoms with Crippen LogP contribution < -0.4 is 10.9 Å². The minimum absolute atomic E-state index is 0.340. The van der Waals surface area contributed by atoms with E-state index in [9.17, 15) is 4.79 Å². The maximum atomic E-state index is 11.1. The zero-order valence-electron chi connectivity index (χ0n) is 8.99. The molecule has 0 saturated carbocycles. The summed E-state index contributed by atoms with van der Waals surface area (Å²) in [4.78, 5) is 11.1. The number of rotatable bonds is 4. The van der Waals surface area contributed by atoms with Gasteiger partial charge in [0.15, 0.2) is 0 Å². The first-order valence-corrected chi connectivity index (χ1v) is 4.92. The van der Waals surface area contributed by atoms with Gasteiger partial charge in [0.25, 0.3) is 0 Å². The molecule has 0 saturated heterocycles. The van der Waals surface area contributed by atoms with Crippen LogP contribution in [0.15, 0.2) is 30.3 Å². The van der Waals surface area contributed by atoms with Crippen molar-refractivity contribution in [2.24, 2.45) is 5.92 Å². The molecular weight excluding hydrogens is 192 g/mol. The van der Waals surface area contributed by atoms with Gasteiger partial charge in [-0.1, -0.05) is 32.0 Å². The first-order chi connectivity index (χ1) is 7.18. The lowest BCUT2D eigenvalue weighted by Crippen LogP contribution is -2.30. The van der Waals surface area contributed by atoms with Gasteiger partial charge in [0.05, 0.1) is 12.3 Å². The number of para-hydroxylation sites is 1. The molecule has 1 amide bonds. The van der Waals surface area contributed by atoms with Crippen molar-refractivity contribution in [3.63, 3.8) is 0 Å². The average Bonchev–Trinajstić information content (AvgIpc) is 2.25. The summed E-state index contributed by atoms with van der Waals surface area (Å²) in [6, 6.07) is 9.36. The summed E-state index contributed by atoms with van der Waals surface area (Å²) in [6.45, 7) is 4.39. The Bertz CT molecular complexity index is 299. The predicted octanol–water partition coefficient (Wildman–Crippen LogP) is 2.40. The van der Waals surface area contributed by atoms with Crippen LogP contribution in [0.1, 0.15) is 13.8 Å². The van der Waals surface area contributed by atoms with Crippen molar-refractivity contribution in [3.8, 4) is 0 Å². The molecule has 0 fully saturated rings. The van der Waals surface area contributed by atoms with Crippen LogP contribution in [0.25, 0.3) is 0 Å². The maximum Gasteiger partial charge on any atom is 0.425 e. The second-order valence-electron chi connectivity index (χ2n) is 3.61. The van der Waals surface area contributed by atoms with Crippen LogP contribution in [-0.4, -0.2) is 12.7 Å². The van der Waals surface area contributed by atoms with Gasteiger partial charge in [-0.15, -0.1) is 0 Å². The van der Waals surface area contributed by atoms with Gasteiger partial charge in [-0.3, -0.25) is 5.43 Å². The second-order valence-corrected chi connectivity index (χ2v) is 3.61. The Balaban J connectivity index is 2.23. The third-order valence-electron chi connectivity index (χ3n) is 1.63. The van der Waals surface area contributed by atoms with E-state index < -0.39 is 6.09 Å². The van der Waals surface area contributed by atoms with Crippen molar-refractivity contribution in [2.75, 3.05) is 12.0 Å². The lowest BCUT2D eigenvalue weighted by Gasteiger charge is -2.10. The molecule has 0 aliphatic carbocycles. The van der Waals surface area contributed by atoms with Crippen molar-refractivity contribution in [3.05, 3.63) is 30.3 Å². The molecule has 0 aliphatic heterocycles. The van der Waals surface area contributed by atoms with Crippen molar-refractivity contribution >= 4 is 11.8 Å². The fraction of sp³-hybridized carbons (Fsp3) is 0.364. The van der Waals surface area contributed by atoms with Crippen LogP contribution in [-0.2, 0) is 4.74 Å². The molecule has 0 atom stereocenters. The highest BCUT2D eigenvalue weighted by Crippen LogP contribution is 2.02. The molecule has 0 aromatic heterocycles. The lowest BCUT2D eigenvalue weighted by atomic mass is 10.2. The highest BCUT2D eigenvalue weighted by Gasteiger charge is 2.02. The summed E-state index contributed by atoms with van der Waals surface area (Å²) in [6.07, 6.45) is -0.465. The molecule has 0 aliphatic rings. The van der Waals surface area contributed by atoms with Gasteiger partial charge in [-0.2, -0.15) is 0 Å². The van der Waals surface area contributed by atoms with Crippen LogP contribution >= 0.6 is 0 Å². The van der Waals surface area contributed by atoms with E-state index in [1.54, 1.807) is 0 Å². The van der Waals surface area contributed by atoms with Crippen molar-refractivity contribution in [2.45, 2.75) is 13.8 Å². The van der Waals surface area contributed by atoms with E-state index in [0.717, 1.165) is 5.69 Å². The van der Waals surface area contributed by atoms with E-state index in [4.69, 9.17) is 4.74 Å². The van der Waals surface area contributed by atoms with E-state index >= 15 is 0 Å². The smallest absolute Gasteiger partial charge is 0.425 e. The zero-order chi connectivity index (χ0) is 11.1. The summed E-state index contributed by atoms with van der Waals surface area (Å²) in [5, 5.41) is 0. The van der Waals surface area contributed by atoms with Crippen LogP contribution in [0.2, 0.25) is 0 Å². The Labute approximate surface area is 89.6 Å². The number of anilines is 1. The van der Waals surface area contributed by atoms with Gasteiger partial charge in [0, 0.05) is 0 Å². The van der Waals surface area contributed by atoms with Gasteiger partial charge in [0.2, 0.25) is 0 Å².